The lowest BCUT2D eigenvalue weighted by molar-refractivity contribution is -0.137. The van der Waals surface area contributed by atoms with Crippen LogP contribution in [0.1, 0.15) is 29.6 Å². The van der Waals surface area contributed by atoms with Crippen molar-refractivity contribution in [1.29, 1.82) is 0 Å². The number of nitrogens with zero attached hydrogens (tertiary/aromatic N) is 1. The molecule has 194 valence electrons. The number of carbonyl (C=O) groups excluding carboxylic acids is 4. The van der Waals surface area contributed by atoms with Gasteiger partial charge >= 0.3 is 17.8 Å². The summed E-state index contributed by atoms with van der Waals surface area (Å²) in [4.78, 5) is 51.7. The molecular formula is C29H27N3O6. The Morgan fingerprint density at radius 3 is 2.16 bits per heavy atom. The normalized spacial score (nSPS) is 14.2. The van der Waals surface area contributed by atoms with Crippen molar-refractivity contribution in [2.45, 2.75) is 27.3 Å². The molecule has 0 atom stereocenters. The maximum atomic E-state index is 13.2. The molecule has 2 N–H and O–H groups in total. The Hall–Kier alpha value is -4.92. The summed E-state index contributed by atoms with van der Waals surface area (Å²) in [7, 11) is 1.22. The minimum atomic E-state index is -0.819. The SMILES string of the molecule is COC(=O)C1=C(C)N(c2ccc(C)cc2)/C(=C/c2ccc(CNC(=O)C(=O)Nc3ccc(C)cc3)o2)C1=O. The van der Waals surface area contributed by atoms with Crippen LogP contribution in [-0.2, 0) is 30.5 Å². The van der Waals surface area contributed by atoms with Crippen LogP contribution < -0.4 is 15.5 Å². The summed E-state index contributed by atoms with van der Waals surface area (Å²) in [6, 6.07) is 17.8. The molecule has 1 aliphatic heterocycles. The number of ether oxygens (including phenoxy) is 1. The first kappa shape index (κ1) is 26.2. The Morgan fingerprint density at radius 1 is 0.895 bits per heavy atom. The lowest BCUT2D eigenvalue weighted by Crippen LogP contribution is -2.34. The van der Waals surface area contributed by atoms with Gasteiger partial charge in [0, 0.05) is 23.1 Å². The number of nitrogens with one attached hydrogen (secondary N) is 2. The smallest absolute Gasteiger partial charge is 0.343 e. The number of hydrogen-bond donors (Lipinski definition) is 2. The molecule has 3 aromatic rings. The Bertz CT molecular complexity index is 1460. The first-order valence-electron chi connectivity index (χ1n) is 11.8. The first-order chi connectivity index (χ1) is 18.2. The van der Waals surface area contributed by atoms with Crippen molar-refractivity contribution < 1.29 is 28.3 Å². The molecule has 0 aliphatic carbocycles. The quantitative estimate of drug-likeness (QED) is 0.221. The fraction of sp³-hybridized carbons (Fsp3) is 0.172. The van der Waals surface area contributed by atoms with Gasteiger partial charge < -0.3 is 24.7 Å². The van der Waals surface area contributed by atoms with E-state index >= 15 is 0 Å². The van der Waals surface area contributed by atoms with Gasteiger partial charge in [-0.3, -0.25) is 14.4 Å². The van der Waals surface area contributed by atoms with E-state index in [1.54, 1.807) is 36.1 Å². The molecule has 4 rings (SSSR count). The number of Topliss-reactive ketones (excluding diaryl/α,β-unsaturated/α-hetero) is 1. The topological polar surface area (TPSA) is 118 Å². The average Bonchev–Trinajstić information content (AvgIpc) is 3.45. The number of ketones is 1. The minimum absolute atomic E-state index is 0.0381. The van der Waals surface area contributed by atoms with Crippen LogP contribution in [0.2, 0.25) is 0 Å². The Labute approximate surface area is 219 Å². The van der Waals surface area contributed by atoms with Gasteiger partial charge in [0.05, 0.1) is 19.4 Å². The molecule has 2 aromatic carbocycles. The maximum absolute atomic E-state index is 13.2. The van der Waals surface area contributed by atoms with Gasteiger partial charge in [-0.25, -0.2) is 4.79 Å². The van der Waals surface area contributed by atoms with E-state index in [4.69, 9.17) is 9.15 Å². The molecule has 1 aliphatic rings. The summed E-state index contributed by atoms with van der Waals surface area (Å²) in [6.45, 7) is 5.51. The van der Waals surface area contributed by atoms with Crippen molar-refractivity contribution in [2.75, 3.05) is 17.3 Å². The van der Waals surface area contributed by atoms with Crippen molar-refractivity contribution >= 4 is 41.0 Å². The van der Waals surface area contributed by atoms with Gasteiger partial charge in [-0.15, -0.1) is 0 Å². The Kier molecular flexibility index (Phi) is 7.57. The number of rotatable bonds is 6. The molecule has 0 bridgehead atoms. The standard InChI is InChI=1S/C29H27N3O6/c1-17-5-9-20(10-6-17)31-28(35)27(34)30-16-23-14-13-22(38-23)15-24-26(33)25(29(36)37-4)19(3)32(24)21-11-7-18(2)8-12-21/h5-15H,16H2,1-4H3,(H,30,34)(H,31,35)/b24-15+. The predicted octanol–water partition coefficient (Wildman–Crippen LogP) is 4.03. The van der Waals surface area contributed by atoms with Crippen molar-refractivity contribution in [1.82, 2.24) is 5.32 Å². The highest BCUT2D eigenvalue weighted by atomic mass is 16.5. The van der Waals surface area contributed by atoms with Crippen molar-refractivity contribution in [3.8, 4) is 0 Å². The molecule has 9 heteroatoms. The third-order valence-electron chi connectivity index (χ3n) is 5.98. The number of carbonyl (C=O) groups is 4. The van der Waals surface area contributed by atoms with Crippen LogP contribution in [0.4, 0.5) is 11.4 Å². The van der Waals surface area contributed by atoms with Gasteiger partial charge in [-0.05, 0) is 57.2 Å². The highest BCUT2D eigenvalue weighted by Crippen LogP contribution is 2.36. The van der Waals surface area contributed by atoms with Crippen LogP contribution >= 0.6 is 0 Å². The molecule has 9 nitrogen and oxygen atoms in total. The van der Waals surface area contributed by atoms with Gasteiger partial charge in [-0.2, -0.15) is 0 Å². The van der Waals surface area contributed by atoms with E-state index in [1.165, 1.54) is 13.2 Å². The summed E-state index contributed by atoms with van der Waals surface area (Å²) in [5, 5.41) is 5.04. The molecule has 0 saturated carbocycles. The van der Waals surface area contributed by atoms with Crippen LogP contribution in [0.25, 0.3) is 6.08 Å². The lowest BCUT2D eigenvalue weighted by Gasteiger charge is -2.21. The highest BCUT2D eigenvalue weighted by Gasteiger charge is 2.38. The summed E-state index contributed by atoms with van der Waals surface area (Å²) in [6.07, 6.45) is 1.52. The minimum Gasteiger partial charge on any atom is -0.465 e. The second-order valence-corrected chi connectivity index (χ2v) is 8.79. The molecule has 0 fully saturated rings. The van der Waals surface area contributed by atoms with Crippen molar-refractivity contribution in [2.24, 2.45) is 0 Å². The summed E-state index contributed by atoms with van der Waals surface area (Å²) >= 11 is 0. The first-order valence-corrected chi connectivity index (χ1v) is 11.8. The zero-order valence-electron chi connectivity index (χ0n) is 21.5. The molecule has 0 saturated heterocycles. The largest absolute Gasteiger partial charge is 0.465 e. The van der Waals surface area contributed by atoms with E-state index < -0.39 is 23.6 Å². The number of esters is 1. The van der Waals surface area contributed by atoms with Crippen LogP contribution in [0, 0.1) is 13.8 Å². The molecule has 0 unspecified atom stereocenters. The number of anilines is 2. The number of aryl methyl sites for hydroxylation is 2. The fourth-order valence-corrected chi connectivity index (χ4v) is 3.96. The third-order valence-corrected chi connectivity index (χ3v) is 5.98. The number of allylic oxidation sites excluding steroid dienone is 2. The lowest BCUT2D eigenvalue weighted by atomic mass is 10.1. The third kappa shape index (κ3) is 5.57. The number of furan rings is 1. The van der Waals surface area contributed by atoms with Gasteiger partial charge in [0.25, 0.3) is 0 Å². The van der Waals surface area contributed by atoms with E-state index in [0.717, 1.165) is 11.1 Å². The number of benzene rings is 2. The molecule has 0 spiro atoms. The molecule has 38 heavy (non-hydrogen) atoms. The van der Waals surface area contributed by atoms with Crippen molar-refractivity contribution in [3.05, 3.63) is 100 Å². The second-order valence-electron chi connectivity index (χ2n) is 8.79. The Balaban J connectivity index is 1.50. The molecule has 2 heterocycles. The zero-order valence-corrected chi connectivity index (χ0v) is 21.5. The van der Waals surface area contributed by atoms with E-state index in [0.29, 0.717) is 28.6 Å². The summed E-state index contributed by atoms with van der Waals surface area (Å²) < 4.78 is 10.6. The Morgan fingerprint density at radius 2 is 1.53 bits per heavy atom. The van der Waals surface area contributed by atoms with E-state index in [-0.39, 0.29) is 17.8 Å². The van der Waals surface area contributed by atoms with Gasteiger partial charge in [0.15, 0.2) is 0 Å². The van der Waals surface area contributed by atoms with E-state index in [2.05, 4.69) is 10.6 Å². The molecule has 1 aromatic heterocycles. The van der Waals surface area contributed by atoms with Gasteiger partial charge in [0.2, 0.25) is 5.78 Å². The maximum Gasteiger partial charge on any atom is 0.343 e. The molecule has 0 radical (unpaired) electrons. The number of amides is 2. The van der Waals surface area contributed by atoms with Crippen LogP contribution in [0.5, 0.6) is 0 Å². The number of methoxy groups -OCH3 is 1. The van der Waals surface area contributed by atoms with Crippen LogP contribution in [0.3, 0.4) is 0 Å². The molecule has 2 amide bonds. The predicted molar refractivity (Wildman–Crippen MR) is 142 cm³/mol. The van der Waals surface area contributed by atoms with Gasteiger partial charge in [0.1, 0.15) is 17.1 Å². The zero-order chi connectivity index (χ0) is 27.4. The summed E-state index contributed by atoms with van der Waals surface area (Å²) in [5.74, 6) is -2.13. The van der Waals surface area contributed by atoms with E-state index in [9.17, 15) is 19.2 Å². The average molecular weight is 514 g/mol. The van der Waals surface area contributed by atoms with Gasteiger partial charge in [-0.1, -0.05) is 35.4 Å². The monoisotopic (exact) mass is 513 g/mol. The molecular weight excluding hydrogens is 486 g/mol. The van der Waals surface area contributed by atoms with Crippen LogP contribution in [0.15, 0.2) is 82.0 Å². The second kappa shape index (κ2) is 11.0. The highest BCUT2D eigenvalue weighted by molar-refractivity contribution is 6.39. The summed E-state index contributed by atoms with van der Waals surface area (Å²) in [5.41, 5.74) is 3.89. The van der Waals surface area contributed by atoms with E-state index in [1.807, 2.05) is 50.2 Å². The van der Waals surface area contributed by atoms with Crippen LogP contribution in [-0.4, -0.2) is 30.7 Å². The fourth-order valence-electron chi connectivity index (χ4n) is 3.96. The number of hydrogen-bond acceptors (Lipinski definition) is 7. The van der Waals surface area contributed by atoms with Crippen molar-refractivity contribution in [3.63, 3.8) is 0 Å².